The van der Waals surface area contributed by atoms with E-state index in [-0.39, 0.29) is 10.8 Å². The Balaban J connectivity index is 1.44. The maximum atomic E-state index is 13.3. The van der Waals surface area contributed by atoms with Gasteiger partial charge in [-0.3, -0.25) is 4.98 Å². The van der Waals surface area contributed by atoms with Gasteiger partial charge < -0.3 is 5.32 Å². The zero-order chi connectivity index (χ0) is 23.7. The van der Waals surface area contributed by atoms with Crippen LogP contribution in [0.5, 0.6) is 0 Å². The number of anilines is 1. The molecule has 176 valence electrons. The highest BCUT2D eigenvalue weighted by molar-refractivity contribution is 9.10. The number of hydrogen-bond acceptors (Lipinski definition) is 6. The van der Waals surface area contributed by atoms with Crippen LogP contribution in [0.2, 0.25) is 5.02 Å². The van der Waals surface area contributed by atoms with Crippen LogP contribution >= 0.6 is 27.5 Å². The molecule has 4 aromatic rings. The summed E-state index contributed by atoms with van der Waals surface area (Å²) in [7, 11) is -3.65. The number of piperidine rings is 1. The van der Waals surface area contributed by atoms with Crippen molar-refractivity contribution in [2.75, 3.05) is 18.4 Å². The molecule has 5 rings (SSSR count). The van der Waals surface area contributed by atoms with E-state index in [9.17, 15) is 8.42 Å². The minimum atomic E-state index is -3.65. The second-order valence-corrected chi connectivity index (χ2v) is 11.4. The largest absolute Gasteiger partial charge is 0.366 e. The first-order chi connectivity index (χ1) is 16.4. The first kappa shape index (κ1) is 23.2. The SMILES string of the molecule is O=S(=O)(c1cccc(Cl)c1)N1CCCC(c2cc(NCc3cccnc3)n3ncc(Br)c3n2)C1. The molecule has 0 bridgehead atoms. The third-order valence-electron chi connectivity index (χ3n) is 5.88. The van der Waals surface area contributed by atoms with E-state index in [0.29, 0.717) is 30.3 Å². The Kier molecular flexibility index (Phi) is 6.57. The van der Waals surface area contributed by atoms with Crippen LogP contribution in [-0.2, 0) is 16.6 Å². The summed E-state index contributed by atoms with van der Waals surface area (Å²) >= 11 is 9.58. The highest BCUT2D eigenvalue weighted by Gasteiger charge is 2.32. The van der Waals surface area contributed by atoms with Crippen LogP contribution in [0.15, 0.2) is 70.4 Å². The Morgan fingerprint density at radius 1 is 1.18 bits per heavy atom. The number of benzene rings is 1. The molecule has 1 N–H and O–H groups in total. The van der Waals surface area contributed by atoms with Crippen molar-refractivity contribution in [3.63, 3.8) is 0 Å². The normalized spacial score (nSPS) is 17.2. The van der Waals surface area contributed by atoms with Gasteiger partial charge in [-0.2, -0.15) is 13.9 Å². The summed E-state index contributed by atoms with van der Waals surface area (Å²) in [6.07, 6.45) is 6.85. The van der Waals surface area contributed by atoms with E-state index in [2.05, 4.69) is 31.3 Å². The summed E-state index contributed by atoms with van der Waals surface area (Å²) in [5.74, 6) is 0.734. The van der Waals surface area contributed by atoms with Gasteiger partial charge in [-0.25, -0.2) is 13.4 Å². The smallest absolute Gasteiger partial charge is 0.243 e. The lowest BCUT2D eigenvalue weighted by molar-refractivity contribution is 0.313. The maximum Gasteiger partial charge on any atom is 0.243 e. The van der Waals surface area contributed by atoms with Crippen molar-refractivity contribution in [1.82, 2.24) is 23.9 Å². The molecule has 3 aromatic heterocycles. The number of pyridine rings is 1. The van der Waals surface area contributed by atoms with Crippen molar-refractivity contribution in [3.8, 4) is 0 Å². The van der Waals surface area contributed by atoms with Crippen LogP contribution < -0.4 is 5.32 Å². The third-order valence-corrected chi connectivity index (χ3v) is 8.54. The molecule has 1 aliphatic heterocycles. The van der Waals surface area contributed by atoms with Crippen molar-refractivity contribution >= 4 is 49.0 Å². The fraction of sp³-hybridized carbons (Fsp3) is 0.261. The average molecular weight is 562 g/mol. The van der Waals surface area contributed by atoms with Gasteiger partial charge in [0.2, 0.25) is 10.0 Å². The van der Waals surface area contributed by atoms with E-state index in [1.807, 2.05) is 24.4 Å². The van der Waals surface area contributed by atoms with Crippen molar-refractivity contribution in [1.29, 1.82) is 0 Å². The molecule has 0 spiro atoms. The van der Waals surface area contributed by atoms with Crippen molar-refractivity contribution in [2.45, 2.75) is 30.2 Å². The van der Waals surface area contributed by atoms with Crippen molar-refractivity contribution in [3.05, 3.63) is 81.8 Å². The highest BCUT2D eigenvalue weighted by atomic mass is 79.9. The standard InChI is InChI=1S/C23H22BrClN6O2S/c24-20-14-28-31-22(27-13-16-4-2-8-26-12-16)11-21(29-23(20)31)17-5-3-9-30(15-17)34(32,33)19-7-1-6-18(25)10-19/h1-2,4,6-8,10-12,14,17,27H,3,5,9,13,15H2. The van der Waals surface area contributed by atoms with E-state index < -0.39 is 10.0 Å². The zero-order valence-electron chi connectivity index (χ0n) is 18.1. The lowest BCUT2D eigenvalue weighted by atomic mass is 9.96. The fourth-order valence-electron chi connectivity index (χ4n) is 4.16. The minimum Gasteiger partial charge on any atom is -0.366 e. The molecule has 0 aliphatic carbocycles. The lowest BCUT2D eigenvalue weighted by Gasteiger charge is -2.32. The molecule has 11 heteroatoms. The summed E-state index contributed by atoms with van der Waals surface area (Å²) in [4.78, 5) is 9.21. The van der Waals surface area contributed by atoms with Crippen LogP contribution in [0.1, 0.15) is 30.0 Å². The summed E-state index contributed by atoms with van der Waals surface area (Å²) in [5, 5.41) is 8.25. The zero-order valence-corrected chi connectivity index (χ0v) is 21.3. The lowest BCUT2D eigenvalue weighted by Crippen LogP contribution is -2.39. The van der Waals surface area contributed by atoms with Crippen LogP contribution in [0.4, 0.5) is 5.82 Å². The number of sulfonamides is 1. The van der Waals surface area contributed by atoms with Gasteiger partial charge in [-0.15, -0.1) is 0 Å². The number of aromatic nitrogens is 4. The summed E-state index contributed by atoms with van der Waals surface area (Å²) in [6, 6.07) is 12.3. The Morgan fingerprint density at radius 3 is 2.85 bits per heavy atom. The first-order valence-electron chi connectivity index (χ1n) is 10.8. The summed E-state index contributed by atoms with van der Waals surface area (Å²) < 4.78 is 30.6. The molecule has 1 aliphatic rings. The number of halogens is 2. The second-order valence-electron chi connectivity index (χ2n) is 8.17. The molecular weight excluding hydrogens is 540 g/mol. The predicted molar refractivity (Wildman–Crippen MR) is 134 cm³/mol. The molecule has 0 radical (unpaired) electrons. The van der Waals surface area contributed by atoms with Crippen LogP contribution in [0, 0.1) is 0 Å². The van der Waals surface area contributed by atoms with E-state index in [1.165, 1.54) is 10.4 Å². The van der Waals surface area contributed by atoms with E-state index in [0.717, 1.165) is 34.4 Å². The molecular formula is C23H22BrClN6O2S. The highest BCUT2D eigenvalue weighted by Crippen LogP contribution is 2.32. The monoisotopic (exact) mass is 560 g/mol. The van der Waals surface area contributed by atoms with Crippen LogP contribution in [0.25, 0.3) is 5.65 Å². The Morgan fingerprint density at radius 2 is 2.06 bits per heavy atom. The number of nitrogens with one attached hydrogen (secondary N) is 1. The molecule has 1 unspecified atom stereocenters. The quantitative estimate of drug-likeness (QED) is 0.366. The fourth-order valence-corrected chi connectivity index (χ4v) is 6.34. The Bertz CT molecular complexity index is 1430. The third kappa shape index (κ3) is 4.68. The minimum absolute atomic E-state index is 0.0477. The molecule has 1 fully saturated rings. The van der Waals surface area contributed by atoms with Gasteiger partial charge in [0.1, 0.15) is 5.82 Å². The van der Waals surface area contributed by atoms with Crippen molar-refractivity contribution < 1.29 is 8.42 Å². The topological polar surface area (TPSA) is 92.5 Å². The maximum absolute atomic E-state index is 13.3. The van der Waals surface area contributed by atoms with E-state index in [4.69, 9.17) is 16.6 Å². The first-order valence-corrected chi connectivity index (χ1v) is 13.5. The Hall–Kier alpha value is -2.53. The molecule has 1 aromatic carbocycles. The van der Waals surface area contributed by atoms with Crippen molar-refractivity contribution in [2.24, 2.45) is 0 Å². The molecule has 4 heterocycles. The van der Waals surface area contributed by atoms with Crippen LogP contribution in [-0.4, -0.2) is 45.4 Å². The number of hydrogen-bond donors (Lipinski definition) is 1. The molecule has 1 atom stereocenters. The molecule has 34 heavy (non-hydrogen) atoms. The predicted octanol–water partition coefficient (Wildman–Crippen LogP) is 4.72. The Labute approximate surface area is 211 Å². The average Bonchev–Trinajstić information content (AvgIpc) is 3.24. The van der Waals surface area contributed by atoms with Crippen LogP contribution in [0.3, 0.4) is 0 Å². The van der Waals surface area contributed by atoms with E-state index >= 15 is 0 Å². The molecule has 0 amide bonds. The second kappa shape index (κ2) is 9.61. The molecule has 1 saturated heterocycles. The van der Waals surface area contributed by atoms with Gasteiger partial charge in [0, 0.05) is 49.0 Å². The summed E-state index contributed by atoms with van der Waals surface area (Å²) in [5.41, 5.74) is 2.55. The van der Waals surface area contributed by atoms with Gasteiger partial charge in [0.25, 0.3) is 0 Å². The number of rotatable bonds is 6. The van der Waals surface area contributed by atoms with E-state index in [1.54, 1.807) is 35.1 Å². The molecule has 8 nitrogen and oxygen atoms in total. The number of nitrogens with zero attached hydrogens (tertiary/aromatic N) is 5. The van der Waals surface area contributed by atoms with Gasteiger partial charge in [-0.05, 0) is 58.6 Å². The van der Waals surface area contributed by atoms with Gasteiger partial charge >= 0.3 is 0 Å². The summed E-state index contributed by atoms with van der Waals surface area (Å²) in [6.45, 7) is 1.39. The van der Waals surface area contributed by atoms with Gasteiger partial charge in [0.05, 0.1) is 21.3 Å². The van der Waals surface area contributed by atoms with Gasteiger partial charge in [-0.1, -0.05) is 23.7 Å². The molecule has 0 saturated carbocycles. The number of fused-ring (bicyclic) bond motifs is 1. The van der Waals surface area contributed by atoms with Gasteiger partial charge in [0.15, 0.2) is 5.65 Å².